The molecule has 0 N–H and O–H groups in total. The first kappa shape index (κ1) is 25.8. The Hall–Kier alpha value is 3.79. The number of rotatable bonds is 3. The van der Waals surface area contributed by atoms with Crippen LogP contribution in [0.5, 0.6) is 0 Å². The molecule has 0 aromatic heterocycles. The highest BCUT2D eigenvalue weighted by Gasteiger charge is 2.83. The van der Waals surface area contributed by atoms with E-state index in [0.717, 1.165) is 0 Å². The van der Waals surface area contributed by atoms with Crippen molar-refractivity contribution in [1.82, 2.24) is 12.4 Å². The summed E-state index contributed by atoms with van der Waals surface area (Å²) in [7, 11) is -4.34. The van der Waals surface area contributed by atoms with Crippen LogP contribution >= 0.6 is 99.7 Å². The van der Waals surface area contributed by atoms with Gasteiger partial charge in [-0.15, -0.1) is 99.7 Å². The van der Waals surface area contributed by atoms with Gasteiger partial charge < -0.3 is 12.4 Å². The Morgan fingerprint density at radius 3 is 1.17 bits per heavy atom. The average molecular weight is 620 g/mol. The first-order valence-corrected chi connectivity index (χ1v) is 31.4. The SMILES string of the molecule is CN1[Si](C)(C)N(C)[Si]([Si](Cl)(Cl)Cl)([Si](Cl)(Cl)Cl)N([Si](Cl)(Cl)Cl)[Si]1(C)C. The zero-order chi connectivity index (χ0) is 19.7. The maximum Gasteiger partial charge on any atom is 0.413 e. The number of hydrogen-bond donors (Lipinski definition) is 0. The molecule has 24 heavy (non-hydrogen) atoms. The third-order valence-corrected chi connectivity index (χ3v) is 73.5. The summed E-state index contributed by atoms with van der Waals surface area (Å²) >= 11 is 59.5. The summed E-state index contributed by atoms with van der Waals surface area (Å²) in [6, 6.07) is 0. The molecule has 0 aromatic carbocycles. The first-order valence-electron chi connectivity index (χ1n) is 6.66. The molecule has 0 spiro atoms. The molecule has 1 saturated heterocycles. The van der Waals surface area contributed by atoms with Gasteiger partial charge in [-0.05, 0) is 40.3 Å². The van der Waals surface area contributed by atoms with Gasteiger partial charge in [0.2, 0.25) is 0 Å². The van der Waals surface area contributed by atoms with Crippen molar-refractivity contribution in [2.24, 2.45) is 0 Å². The van der Waals surface area contributed by atoms with E-state index in [1.54, 1.807) is 0 Å². The quantitative estimate of drug-likeness (QED) is 0.300. The van der Waals surface area contributed by atoms with Gasteiger partial charge in [0, 0.05) is 0 Å². The van der Waals surface area contributed by atoms with Crippen LogP contribution in [0.1, 0.15) is 0 Å². The third kappa shape index (κ3) is 3.90. The van der Waals surface area contributed by atoms with Gasteiger partial charge in [-0.25, -0.2) is 0 Å². The molecule has 1 heterocycles. The van der Waals surface area contributed by atoms with Gasteiger partial charge >= 0.3 is 17.2 Å². The molecule has 0 aliphatic carbocycles. The second-order valence-corrected chi connectivity index (χ2v) is 59.3. The lowest BCUT2D eigenvalue weighted by atomic mass is 11.6. The fourth-order valence-electron chi connectivity index (χ4n) is 3.27. The second kappa shape index (κ2) is 7.49. The third-order valence-electron chi connectivity index (χ3n) is 4.86. The van der Waals surface area contributed by atoms with E-state index >= 15 is 0 Å². The molecule has 0 atom stereocenters. The molecule has 0 unspecified atom stereocenters. The lowest BCUT2D eigenvalue weighted by molar-refractivity contribution is 0.545. The highest BCUT2D eigenvalue weighted by atomic mass is 35.9. The van der Waals surface area contributed by atoms with Crippen LogP contribution in [0.25, 0.3) is 0 Å². The molecule has 18 heteroatoms. The van der Waals surface area contributed by atoms with Crippen molar-refractivity contribution in [2.75, 3.05) is 14.1 Å². The Bertz CT molecular complexity index is 487. The Morgan fingerprint density at radius 2 is 0.917 bits per heavy atom. The van der Waals surface area contributed by atoms with E-state index in [1.165, 1.54) is 0 Å². The summed E-state index contributed by atoms with van der Waals surface area (Å²) in [5, 5.41) is 0. The van der Waals surface area contributed by atoms with Gasteiger partial charge in [-0.1, -0.05) is 0 Å². The van der Waals surface area contributed by atoms with Crippen LogP contribution in [0.2, 0.25) is 26.2 Å². The molecule has 3 nitrogen and oxygen atoms in total. The van der Waals surface area contributed by atoms with Crippen LogP contribution < -0.4 is 0 Å². The van der Waals surface area contributed by atoms with E-state index in [2.05, 4.69) is 34.7 Å². The predicted molar refractivity (Wildman–Crippen MR) is 128 cm³/mol. The fourth-order valence-corrected chi connectivity index (χ4v) is 126. The fraction of sp³-hybridized carbons (Fsp3) is 1.00. The monoisotopic (exact) mass is 615 g/mol. The van der Waals surface area contributed by atoms with Crippen molar-refractivity contribution < 1.29 is 0 Å². The van der Waals surface area contributed by atoms with Gasteiger partial charge in [0.05, 0.1) is 0 Å². The summed E-state index contributed by atoms with van der Waals surface area (Å²) in [4.78, 5) is 0. The summed E-state index contributed by atoms with van der Waals surface area (Å²) < 4.78 is 6.23. The maximum atomic E-state index is 6.65. The van der Waals surface area contributed by atoms with Crippen LogP contribution in [0.3, 0.4) is 0 Å². The topological polar surface area (TPSA) is 9.72 Å². The lowest BCUT2D eigenvalue weighted by Gasteiger charge is -2.69. The molecular weight excluding hydrogens is 602 g/mol. The molecule has 1 aliphatic heterocycles. The van der Waals surface area contributed by atoms with E-state index in [1.807, 2.05) is 18.0 Å². The Morgan fingerprint density at radius 1 is 0.583 bits per heavy atom. The smallest absolute Gasteiger partial charge is 0.325 e. The van der Waals surface area contributed by atoms with Crippen molar-refractivity contribution in [3.8, 4) is 0 Å². The van der Waals surface area contributed by atoms with Crippen molar-refractivity contribution in [2.45, 2.75) is 26.2 Å². The van der Waals surface area contributed by atoms with Crippen LogP contribution in [0, 0.1) is 0 Å². The summed E-state index contributed by atoms with van der Waals surface area (Å²) in [6.45, 7) is 8.44. The Labute approximate surface area is 191 Å². The van der Waals surface area contributed by atoms with Crippen molar-refractivity contribution >= 4 is 141 Å². The minimum atomic E-state index is -3.59. The van der Waals surface area contributed by atoms with Crippen molar-refractivity contribution in [3.63, 3.8) is 0 Å². The molecule has 0 aromatic rings. The molecule has 1 aliphatic rings. The molecule has 0 amide bonds. The summed E-state index contributed by atoms with van der Waals surface area (Å²) in [6.07, 6.45) is -3.52. The van der Waals surface area contributed by atoms with Gasteiger partial charge in [-0.2, -0.15) is 0 Å². The number of nitrogens with zero attached hydrogens (tertiary/aromatic N) is 3. The standard InChI is InChI=1S/C6H18Cl9N3Si6/c1-16-19(3,4)17(2)24(22(10,11)12,23(13,14)15)18(20(16,5)6)21(7,8)9/h1-6H3. The van der Waals surface area contributed by atoms with Gasteiger partial charge in [-0.3, -0.25) is 0 Å². The van der Waals surface area contributed by atoms with Gasteiger partial charge in [0.1, 0.15) is 0 Å². The highest BCUT2D eigenvalue weighted by Crippen LogP contribution is 2.55. The molecule has 0 saturated carbocycles. The second-order valence-electron chi connectivity index (χ2n) is 6.58. The molecule has 1 rings (SSSR count). The highest BCUT2D eigenvalue weighted by molar-refractivity contribution is 8.11. The number of halogens is 9. The molecule has 1 fully saturated rings. The number of hydrogen-bond acceptors (Lipinski definition) is 3. The van der Waals surface area contributed by atoms with Gasteiger partial charge in [0.25, 0.3) is 7.43 Å². The lowest BCUT2D eigenvalue weighted by Crippen LogP contribution is -2.99. The summed E-state index contributed by atoms with van der Waals surface area (Å²) in [5.74, 6) is 0. The van der Waals surface area contributed by atoms with E-state index in [9.17, 15) is 0 Å². The minimum absolute atomic E-state index is 1.86. The zero-order valence-corrected chi connectivity index (χ0v) is 26.5. The largest absolute Gasteiger partial charge is 0.413 e. The van der Waals surface area contributed by atoms with E-state index in [4.69, 9.17) is 99.7 Å². The molecule has 0 radical (unpaired) electrons. The average Bonchev–Trinajstić information content (AvgIpc) is 2.27. The van der Waals surface area contributed by atoms with Crippen LogP contribution in [-0.4, -0.2) is 67.9 Å². The Kier molecular flexibility index (Phi) is 8.06. The van der Waals surface area contributed by atoms with Gasteiger partial charge in [0.15, 0.2) is 16.8 Å². The van der Waals surface area contributed by atoms with E-state index in [0.29, 0.717) is 0 Å². The summed E-state index contributed by atoms with van der Waals surface area (Å²) in [5.41, 5.74) is -7.18. The minimum Gasteiger partial charge on any atom is -0.325 e. The first-order chi connectivity index (χ1) is 10.2. The van der Waals surface area contributed by atoms with Crippen molar-refractivity contribution in [3.05, 3.63) is 0 Å². The van der Waals surface area contributed by atoms with Crippen molar-refractivity contribution in [1.29, 1.82) is 0 Å². The molecule has 0 bridgehead atoms. The normalized spacial score (nSPS) is 26.6. The Balaban J connectivity index is 4.04. The molecule has 144 valence electrons. The zero-order valence-electron chi connectivity index (χ0n) is 13.7. The van der Waals surface area contributed by atoms with Crippen LogP contribution in [0.4, 0.5) is 0 Å². The van der Waals surface area contributed by atoms with E-state index in [-0.39, 0.29) is 0 Å². The maximum absolute atomic E-state index is 6.65. The molecular formula is C6H18Cl9N3Si6. The predicted octanol–water partition coefficient (Wildman–Crippen LogP) is 5.63. The van der Waals surface area contributed by atoms with Crippen LogP contribution in [-0.2, 0) is 0 Å². The van der Waals surface area contributed by atoms with Crippen LogP contribution in [0.15, 0.2) is 0 Å². The van der Waals surface area contributed by atoms with E-state index < -0.39 is 41.4 Å².